The lowest BCUT2D eigenvalue weighted by molar-refractivity contribution is -0.728. The van der Waals surface area contributed by atoms with Crippen molar-refractivity contribution in [3.8, 4) is 0 Å². The van der Waals surface area contributed by atoms with E-state index in [9.17, 15) is 31.2 Å². The second-order valence-electron chi connectivity index (χ2n) is 8.00. The Labute approximate surface area is 286 Å². The van der Waals surface area contributed by atoms with Crippen LogP contribution in [0.1, 0.15) is 6.42 Å². The number of thiol groups is 1. The number of sulfone groups is 2. The van der Waals surface area contributed by atoms with Gasteiger partial charge >= 0.3 is 11.8 Å². The molecule has 3 amide bonds. The zero-order chi connectivity index (χ0) is 34.3. The summed E-state index contributed by atoms with van der Waals surface area (Å²) in [6.07, 6.45) is 15.6. The largest absolute Gasteiger partial charge is 0.412 e. The monoisotopic (exact) mass is 778 g/mol. The quantitative estimate of drug-likeness (QED) is 0.149. The van der Waals surface area contributed by atoms with Crippen LogP contribution < -0.4 is 10.6 Å². The standard InChI is InChI=1S/C7H12NO2S.C4H9NOS.C4H10O2S2.C2H7N.C2H6O2S.C2H6S2.CH4S2.H2O/c1-8(2)6(9)4-5(11-3)7(8)10;1-5-4(6)3-7-2;1-7-3-4-8(2,5)6;1-3-2;1-5(2,3)4;1-3-4-2;1-3-2;/h5H,4H2,1-3H3;3H2,1-2H3,(H,5,6);3-4H2,1-2H3;3H,1-2H3;1-2H3;1-2H3;2H,1H3;1H2/q+1;;;;;;;. The van der Waals surface area contributed by atoms with E-state index in [4.69, 9.17) is 0 Å². The molecule has 1 rings (SSSR count). The zero-order valence-corrected chi connectivity index (χ0v) is 34.9. The van der Waals surface area contributed by atoms with Crippen LogP contribution in [-0.4, -0.2) is 159 Å². The van der Waals surface area contributed by atoms with E-state index in [2.05, 4.69) is 34.8 Å². The fourth-order valence-corrected chi connectivity index (χ4v) is 4.64. The number of imide groups is 1. The highest BCUT2D eigenvalue weighted by atomic mass is 33.1. The van der Waals surface area contributed by atoms with Crippen molar-refractivity contribution in [2.24, 2.45) is 0 Å². The molecule has 1 atom stereocenters. The van der Waals surface area contributed by atoms with Crippen molar-refractivity contribution in [2.45, 2.75) is 11.7 Å². The molecular formula is C22H56N3O8S9+. The first-order valence-corrected chi connectivity index (χ1v) is 25.1. The van der Waals surface area contributed by atoms with Crippen molar-refractivity contribution in [3.63, 3.8) is 0 Å². The number of amides is 3. The fraction of sp³-hybridized carbons (Fsp3) is 0.864. The Kier molecular flexibility index (Phi) is 53.3. The fourth-order valence-electron chi connectivity index (χ4n) is 1.58. The third-order valence-electron chi connectivity index (χ3n) is 3.47. The summed E-state index contributed by atoms with van der Waals surface area (Å²) in [6, 6.07) is 0. The van der Waals surface area contributed by atoms with Gasteiger partial charge in [0.1, 0.15) is 24.9 Å². The second-order valence-corrected chi connectivity index (χ2v) is 19.6. The van der Waals surface area contributed by atoms with Crippen molar-refractivity contribution in [1.29, 1.82) is 0 Å². The zero-order valence-electron chi connectivity index (χ0n) is 27.4. The van der Waals surface area contributed by atoms with Crippen molar-refractivity contribution >= 4 is 117 Å². The van der Waals surface area contributed by atoms with Gasteiger partial charge < -0.3 is 16.1 Å². The number of nitrogens with zero attached hydrogens (tertiary/aromatic N) is 1. The molecular weight excluding hydrogens is 723 g/mol. The van der Waals surface area contributed by atoms with Gasteiger partial charge in [-0.1, -0.05) is 21.6 Å². The minimum absolute atomic E-state index is 0. The van der Waals surface area contributed by atoms with Crippen molar-refractivity contribution < 1.29 is 41.2 Å². The van der Waals surface area contributed by atoms with Gasteiger partial charge in [-0.25, -0.2) is 30.9 Å². The summed E-state index contributed by atoms with van der Waals surface area (Å²) < 4.78 is 39.9. The Hall–Kier alpha value is 1.04. The maximum Gasteiger partial charge on any atom is 0.334 e. The Morgan fingerprint density at radius 2 is 1.26 bits per heavy atom. The number of likely N-dealkylation sites (tertiary alicyclic amines) is 1. The van der Waals surface area contributed by atoms with Gasteiger partial charge in [-0.2, -0.15) is 23.5 Å². The number of rotatable bonds is 7. The first-order chi connectivity index (χ1) is 18.6. The van der Waals surface area contributed by atoms with Gasteiger partial charge in [0.25, 0.3) is 0 Å². The van der Waals surface area contributed by atoms with Gasteiger partial charge in [-0.3, -0.25) is 4.79 Å². The summed E-state index contributed by atoms with van der Waals surface area (Å²) in [7, 11) is 8.31. The Bertz CT molecular complexity index is 834. The number of quaternary nitrogens is 1. The Morgan fingerprint density at radius 3 is 1.36 bits per heavy atom. The SMILES string of the molecule is CNC.CNC(=O)CSC.CS(C)(=O)=O.CSC1CC(=O)[N+](C)(C)C1=O.CSCCS(C)(=O)=O.CSS.CSSC.O. The predicted molar refractivity (Wildman–Crippen MR) is 203 cm³/mol. The molecule has 42 heavy (non-hydrogen) atoms. The molecule has 0 aromatic carbocycles. The van der Waals surface area contributed by atoms with Crippen molar-refractivity contribution in [2.75, 3.05) is 109 Å². The second kappa shape index (κ2) is 38.2. The van der Waals surface area contributed by atoms with Crippen LogP contribution in [-0.2, 0) is 34.1 Å². The molecule has 0 aliphatic carbocycles. The normalized spacial score (nSPS) is 14.3. The Balaban J connectivity index is -0.0000000715. The van der Waals surface area contributed by atoms with E-state index < -0.39 is 19.7 Å². The van der Waals surface area contributed by atoms with Crippen LogP contribution in [0.4, 0.5) is 0 Å². The first-order valence-electron chi connectivity index (χ1n) is 11.4. The van der Waals surface area contributed by atoms with Crippen LogP contribution in [0.3, 0.4) is 0 Å². The maximum absolute atomic E-state index is 11.4. The molecule has 0 aromatic heterocycles. The Morgan fingerprint density at radius 1 is 0.905 bits per heavy atom. The lowest BCUT2D eigenvalue weighted by atomic mass is 10.4. The summed E-state index contributed by atoms with van der Waals surface area (Å²) in [5.74, 6) is 1.72. The molecule has 1 aliphatic heterocycles. The number of carbonyl (C=O) groups excluding carboxylic acids is 3. The summed E-state index contributed by atoms with van der Waals surface area (Å²) in [5, 5.41) is 5.14. The molecule has 0 bridgehead atoms. The molecule has 1 fully saturated rings. The van der Waals surface area contributed by atoms with Gasteiger partial charge in [-0.15, -0.1) is 34.2 Å². The maximum atomic E-state index is 11.4. The third-order valence-corrected chi connectivity index (χ3v) is 8.11. The van der Waals surface area contributed by atoms with Crippen molar-refractivity contribution in [3.05, 3.63) is 0 Å². The molecule has 11 nitrogen and oxygen atoms in total. The van der Waals surface area contributed by atoms with Gasteiger partial charge in [-0.05, 0) is 51.6 Å². The van der Waals surface area contributed by atoms with E-state index in [1.54, 1.807) is 54.5 Å². The molecule has 1 saturated heterocycles. The molecule has 1 heterocycles. The summed E-state index contributed by atoms with van der Waals surface area (Å²) in [5.41, 5.74) is 0. The van der Waals surface area contributed by atoms with Crippen LogP contribution in [0, 0.1) is 0 Å². The van der Waals surface area contributed by atoms with Crippen LogP contribution in [0.5, 0.6) is 0 Å². The number of hydrogen-bond donors (Lipinski definition) is 3. The van der Waals surface area contributed by atoms with Gasteiger partial charge in [0.2, 0.25) is 5.91 Å². The number of hydrogen-bond acceptors (Lipinski definition) is 15. The van der Waals surface area contributed by atoms with Crippen molar-refractivity contribution in [1.82, 2.24) is 10.6 Å². The van der Waals surface area contributed by atoms with Crippen LogP contribution in [0.25, 0.3) is 0 Å². The van der Waals surface area contributed by atoms with Crippen LogP contribution in [0.2, 0.25) is 0 Å². The van der Waals surface area contributed by atoms with E-state index in [1.807, 2.05) is 39.1 Å². The van der Waals surface area contributed by atoms with E-state index in [0.717, 1.165) is 12.5 Å². The highest BCUT2D eigenvalue weighted by Crippen LogP contribution is 2.26. The molecule has 4 N–H and O–H groups in total. The van der Waals surface area contributed by atoms with E-state index in [1.165, 1.54) is 40.6 Å². The first kappa shape index (κ1) is 58.6. The molecule has 0 aromatic rings. The number of carbonyl (C=O) groups is 3. The highest BCUT2D eigenvalue weighted by molar-refractivity contribution is 8.76. The average Bonchev–Trinajstić information content (AvgIpc) is 3.05. The van der Waals surface area contributed by atoms with Gasteiger partial charge in [0, 0.05) is 31.6 Å². The lowest BCUT2D eigenvalue weighted by Gasteiger charge is -2.16. The highest BCUT2D eigenvalue weighted by Gasteiger charge is 2.49. The number of nitrogens with one attached hydrogen (secondary N) is 2. The molecule has 20 heteroatoms. The van der Waals surface area contributed by atoms with Crippen LogP contribution in [0.15, 0.2) is 0 Å². The lowest BCUT2D eigenvalue weighted by Crippen LogP contribution is -2.45. The minimum atomic E-state index is -2.71. The molecule has 0 radical (unpaired) electrons. The smallest absolute Gasteiger partial charge is 0.334 e. The summed E-state index contributed by atoms with van der Waals surface area (Å²) >= 11 is 8.24. The molecule has 260 valence electrons. The average molecular weight is 779 g/mol. The molecule has 0 saturated carbocycles. The summed E-state index contributed by atoms with van der Waals surface area (Å²) in [4.78, 5) is 32.9. The van der Waals surface area contributed by atoms with E-state index in [-0.39, 0.29) is 32.9 Å². The van der Waals surface area contributed by atoms with E-state index in [0.29, 0.717) is 23.7 Å². The number of thioether (sulfide) groups is 3. The van der Waals surface area contributed by atoms with Gasteiger partial charge in [0.15, 0.2) is 0 Å². The predicted octanol–water partition coefficient (Wildman–Crippen LogP) is 2.23. The minimum Gasteiger partial charge on any atom is -0.412 e. The van der Waals surface area contributed by atoms with Crippen LogP contribution >= 0.6 is 79.3 Å². The third kappa shape index (κ3) is 56.8. The van der Waals surface area contributed by atoms with Gasteiger partial charge in [0.05, 0.1) is 32.0 Å². The van der Waals surface area contributed by atoms with E-state index >= 15 is 0 Å². The topological polar surface area (TPSA) is 175 Å². The molecule has 1 unspecified atom stereocenters. The molecule has 1 aliphatic rings. The summed E-state index contributed by atoms with van der Waals surface area (Å²) in [6.45, 7) is 0. The molecule has 0 spiro atoms.